The minimum Gasteiger partial charge on any atom is -0.508 e. The third-order valence-electron chi connectivity index (χ3n) is 4.43. The number of fused-ring (bicyclic) bond motifs is 1. The van der Waals surface area contributed by atoms with Gasteiger partial charge in [0.1, 0.15) is 11.6 Å². The lowest BCUT2D eigenvalue weighted by molar-refractivity contribution is 0.436. The molecule has 3 N–H and O–H groups in total. The van der Waals surface area contributed by atoms with Crippen molar-refractivity contribution in [3.8, 4) is 0 Å². The fourth-order valence-electron chi connectivity index (χ4n) is 3.11. The number of anilines is 1. The van der Waals surface area contributed by atoms with Crippen LogP contribution in [0.5, 0.6) is 0 Å². The highest BCUT2D eigenvalue weighted by molar-refractivity contribution is 5.92. The topological polar surface area (TPSA) is 75.3 Å². The van der Waals surface area contributed by atoms with Gasteiger partial charge in [-0.2, -0.15) is 0 Å². The van der Waals surface area contributed by atoms with Gasteiger partial charge in [0, 0.05) is 24.5 Å². The molecule has 1 atom stereocenters. The van der Waals surface area contributed by atoms with Gasteiger partial charge in [0.2, 0.25) is 0 Å². The van der Waals surface area contributed by atoms with Crippen LogP contribution in [0.3, 0.4) is 0 Å². The van der Waals surface area contributed by atoms with Crippen LogP contribution in [0.2, 0.25) is 0 Å². The lowest BCUT2D eigenvalue weighted by Gasteiger charge is -2.20. The lowest BCUT2D eigenvalue weighted by atomic mass is 10.1. The molecule has 3 rings (SSSR count). The molecule has 1 aliphatic heterocycles. The zero-order valence-corrected chi connectivity index (χ0v) is 14.7. The summed E-state index contributed by atoms with van der Waals surface area (Å²) in [4.78, 5) is 11.7. The molecule has 1 aliphatic rings. The zero-order valence-electron chi connectivity index (χ0n) is 14.7. The summed E-state index contributed by atoms with van der Waals surface area (Å²) in [7, 11) is 0. The van der Waals surface area contributed by atoms with Gasteiger partial charge in [-0.1, -0.05) is 18.7 Å². The van der Waals surface area contributed by atoms with Crippen molar-refractivity contribution < 1.29 is 5.11 Å². The summed E-state index contributed by atoms with van der Waals surface area (Å²) in [5.74, 6) is 1.49. The molecule has 0 bridgehead atoms. The number of benzene rings is 1. The van der Waals surface area contributed by atoms with Crippen molar-refractivity contribution in [2.45, 2.75) is 26.3 Å². The number of nitrogens with two attached hydrogens (primary N) is 1. The van der Waals surface area contributed by atoms with E-state index in [9.17, 15) is 5.11 Å². The molecule has 2 aromatic rings. The Morgan fingerprint density at radius 1 is 1.40 bits per heavy atom. The first-order chi connectivity index (χ1) is 12.0. The van der Waals surface area contributed by atoms with E-state index in [4.69, 9.17) is 10.7 Å². The number of hydrogen-bond donors (Lipinski definition) is 2. The molecule has 130 valence electrons. The average Bonchev–Trinajstić information content (AvgIpc) is 3.04. The summed E-state index contributed by atoms with van der Waals surface area (Å²) >= 11 is 0. The zero-order chi connectivity index (χ0) is 18.0. The lowest BCUT2D eigenvalue weighted by Crippen LogP contribution is -2.27. The molecule has 0 spiro atoms. The van der Waals surface area contributed by atoms with Crippen molar-refractivity contribution in [3.63, 3.8) is 0 Å². The highest BCUT2D eigenvalue weighted by Gasteiger charge is 2.24. The van der Waals surface area contributed by atoms with Gasteiger partial charge in [-0.15, -0.1) is 0 Å². The number of hydrogen-bond acceptors (Lipinski definition) is 5. The van der Waals surface area contributed by atoms with Gasteiger partial charge >= 0.3 is 0 Å². The van der Waals surface area contributed by atoms with E-state index >= 15 is 0 Å². The Hall–Kier alpha value is -2.66. The summed E-state index contributed by atoms with van der Waals surface area (Å²) in [5, 5.41) is 11.3. The van der Waals surface area contributed by atoms with Crippen molar-refractivity contribution in [3.05, 3.63) is 60.2 Å². The van der Waals surface area contributed by atoms with Crippen LogP contribution < -0.4 is 10.6 Å². The van der Waals surface area contributed by atoms with Crippen LogP contribution in [0.4, 0.5) is 5.82 Å². The highest BCUT2D eigenvalue weighted by atomic mass is 16.3. The fraction of sp³-hybridized carbons (Fsp3) is 0.300. The van der Waals surface area contributed by atoms with E-state index < -0.39 is 0 Å². The normalized spacial score (nSPS) is 18.8. The first kappa shape index (κ1) is 17.2. The van der Waals surface area contributed by atoms with Crippen molar-refractivity contribution >= 4 is 22.3 Å². The van der Waals surface area contributed by atoms with Crippen LogP contribution in [0.1, 0.15) is 24.7 Å². The monoisotopic (exact) mass is 336 g/mol. The Bertz CT molecular complexity index is 869. The summed E-state index contributed by atoms with van der Waals surface area (Å²) in [6.45, 7) is 9.19. The second-order valence-electron chi connectivity index (χ2n) is 6.38. The van der Waals surface area contributed by atoms with E-state index in [1.165, 1.54) is 0 Å². The first-order valence-electron chi connectivity index (χ1n) is 8.51. The summed E-state index contributed by atoms with van der Waals surface area (Å²) < 4.78 is 0. The molecule has 5 heteroatoms. The number of allylic oxidation sites excluding steroid dienone is 4. The van der Waals surface area contributed by atoms with Gasteiger partial charge in [-0.3, -0.25) is 0 Å². The predicted molar refractivity (Wildman–Crippen MR) is 104 cm³/mol. The van der Waals surface area contributed by atoms with Crippen molar-refractivity contribution in [1.82, 2.24) is 9.97 Å². The number of aromatic nitrogens is 2. The minimum absolute atomic E-state index is 0.135. The van der Waals surface area contributed by atoms with Gasteiger partial charge in [0.05, 0.1) is 11.1 Å². The molecular formula is C20H24N4O. The van der Waals surface area contributed by atoms with Crippen LogP contribution in [-0.4, -0.2) is 34.2 Å². The maximum absolute atomic E-state index is 10.3. The maximum atomic E-state index is 10.3. The van der Waals surface area contributed by atoms with Gasteiger partial charge in [0.15, 0.2) is 5.82 Å². The van der Waals surface area contributed by atoms with E-state index in [1.54, 1.807) is 25.2 Å². The summed E-state index contributed by atoms with van der Waals surface area (Å²) in [6.07, 6.45) is 5.93. The van der Waals surface area contributed by atoms with Crippen LogP contribution in [0.15, 0.2) is 48.8 Å². The van der Waals surface area contributed by atoms with Crippen LogP contribution in [0.25, 0.3) is 16.5 Å². The van der Waals surface area contributed by atoms with Crippen molar-refractivity contribution in [1.29, 1.82) is 0 Å². The Balaban J connectivity index is 2.23. The smallest absolute Gasteiger partial charge is 0.165 e. The molecule has 2 heterocycles. The number of aryl methyl sites for hydroxylation is 1. The molecular weight excluding hydrogens is 312 g/mol. The average molecular weight is 336 g/mol. The molecule has 1 fully saturated rings. The van der Waals surface area contributed by atoms with Gasteiger partial charge < -0.3 is 15.7 Å². The van der Waals surface area contributed by atoms with Crippen molar-refractivity contribution in [2.75, 3.05) is 18.0 Å². The molecule has 0 radical (unpaired) electrons. The van der Waals surface area contributed by atoms with E-state index in [-0.39, 0.29) is 11.8 Å². The van der Waals surface area contributed by atoms with Crippen LogP contribution in [-0.2, 0) is 0 Å². The largest absolute Gasteiger partial charge is 0.508 e. The Morgan fingerprint density at radius 3 is 2.84 bits per heavy atom. The Morgan fingerprint density at radius 2 is 2.20 bits per heavy atom. The van der Waals surface area contributed by atoms with E-state index in [0.29, 0.717) is 11.4 Å². The third kappa shape index (κ3) is 3.42. The SMILES string of the molecule is C=C/C=C(\C(O)=C/C)c1nc(N2CCC(N)C2)c2ccc(C)cc2n1. The Labute approximate surface area is 148 Å². The highest BCUT2D eigenvalue weighted by Crippen LogP contribution is 2.30. The number of aliphatic hydroxyl groups excluding tert-OH is 1. The number of nitrogens with zero attached hydrogens (tertiary/aromatic N) is 3. The van der Waals surface area contributed by atoms with Crippen molar-refractivity contribution in [2.24, 2.45) is 5.73 Å². The number of aliphatic hydroxyl groups is 1. The molecule has 5 nitrogen and oxygen atoms in total. The second-order valence-corrected chi connectivity index (χ2v) is 6.38. The molecule has 1 unspecified atom stereocenters. The van der Waals surface area contributed by atoms with E-state index in [1.807, 2.05) is 13.0 Å². The quantitative estimate of drug-likeness (QED) is 0.660. The van der Waals surface area contributed by atoms with Crippen LogP contribution >= 0.6 is 0 Å². The van der Waals surface area contributed by atoms with E-state index in [2.05, 4.69) is 28.6 Å². The second kappa shape index (κ2) is 7.07. The molecule has 0 saturated carbocycles. The molecule has 1 aromatic heterocycles. The van der Waals surface area contributed by atoms with Gasteiger partial charge in [-0.05, 0) is 50.1 Å². The standard InChI is InChI=1S/C20H24N4O/c1-4-6-16(18(25)5-2)19-22-17-11-13(3)7-8-15(17)20(23-19)24-10-9-14(21)12-24/h4-8,11,14,25H,1,9-10,12,21H2,2-3H3/b16-6+,18-5+. The minimum atomic E-state index is 0.135. The number of rotatable bonds is 4. The maximum Gasteiger partial charge on any atom is 0.165 e. The molecule has 0 amide bonds. The predicted octanol–water partition coefficient (Wildman–Crippen LogP) is 3.51. The Kier molecular flexibility index (Phi) is 4.86. The molecule has 1 saturated heterocycles. The fourth-order valence-corrected chi connectivity index (χ4v) is 3.11. The summed E-state index contributed by atoms with van der Waals surface area (Å²) in [5.41, 5.74) is 8.64. The third-order valence-corrected chi connectivity index (χ3v) is 4.43. The van der Waals surface area contributed by atoms with E-state index in [0.717, 1.165) is 41.8 Å². The summed E-state index contributed by atoms with van der Waals surface area (Å²) in [6, 6.07) is 6.32. The van der Waals surface area contributed by atoms with Gasteiger partial charge in [-0.25, -0.2) is 9.97 Å². The van der Waals surface area contributed by atoms with Gasteiger partial charge in [0.25, 0.3) is 0 Å². The molecule has 1 aromatic carbocycles. The van der Waals surface area contributed by atoms with Crippen LogP contribution in [0, 0.1) is 6.92 Å². The molecule has 0 aliphatic carbocycles. The molecule has 25 heavy (non-hydrogen) atoms. The first-order valence-corrected chi connectivity index (χ1v) is 8.51.